The van der Waals surface area contributed by atoms with E-state index in [-0.39, 0.29) is 18.7 Å². The molecular weight excluding hydrogens is 326 g/mol. The Hall–Kier alpha value is -2.83. The van der Waals surface area contributed by atoms with Crippen LogP contribution < -0.4 is 5.32 Å². The third-order valence-electron chi connectivity index (χ3n) is 2.80. The molecule has 0 aromatic heterocycles. The van der Waals surface area contributed by atoms with E-state index < -0.39 is 29.2 Å². The Bertz CT molecular complexity index is 672. The van der Waals surface area contributed by atoms with E-state index in [1.807, 2.05) is 0 Å². The first-order valence-electron chi connectivity index (χ1n) is 7.80. The molecule has 0 fully saturated rings. The minimum Gasteiger partial charge on any atom is -0.502 e. The lowest BCUT2D eigenvalue weighted by atomic mass is 10.1. The molecule has 0 heterocycles. The van der Waals surface area contributed by atoms with E-state index in [4.69, 9.17) is 4.74 Å². The van der Waals surface area contributed by atoms with Crippen molar-refractivity contribution in [2.45, 2.75) is 39.8 Å². The van der Waals surface area contributed by atoms with Crippen molar-refractivity contribution in [2.75, 3.05) is 6.61 Å². The molecule has 1 amide bonds. The van der Waals surface area contributed by atoms with Gasteiger partial charge in [-0.05, 0) is 39.3 Å². The van der Waals surface area contributed by atoms with Crippen LogP contribution in [0, 0.1) is 0 Å². The van der Waals surface area contributed by atoms with Gasteiger partial charge < -0.3 is 19.9 Å². The van der Waals surface area contributed by atoms with Crippen LogP contribution in [-0.2, 0) is 20.8 Å². The summed E-state index contributed by atoms with van der Waals surface area (Å²) in [6.45, 7) is 7.13. The molecular formula is C18H23NO6. The first kappa shape index (κ1) is 20.2. The van der Waals surface area contributed by atoms with Crippen LogP contribution in [0.5, 0.6) is 0 Å². The number of aliphatic hydroxyl groups excluding tert-OH is 1. The number of ketones is 1. The summed E-state index contributed by atoms with van der Waals surface area (Å²) < 4.78 is 9.73. The van der Waals surface area contributed by atoms with Gasteiger partial charge in [0.1, 0.15) is 5.60 Å². The quantitative estimate of drug-likeness (QED) is 0.354. The van der Waals surface area contributed by atoms with E-state index >= 15 is 0 Å². The number of esters is 1. The zero-order valence-corrected chi connectivity index (χ0v) is 14.8. The van der Waals surface area contributed by atoms with E-state index in [1.165, 1.54) is 6.07 Å². The van der Waals surface area contributed by atoms with Crippen LogP contribution in [0.1, 0.15) is 43.6 Å². The van der Waals surface area contributed by atoms with Crippen LogP contribution in [0.15, 0.2) is 36.1 Å². The smallest absolute Gasteiger partial charge is 0.407 e. The minimum atomic E-state index is -0.960. The number of hydrogen-bond acceptors (Lipinski definition) is 6. The number of rotatable bonds is 6. The largest absolute Gasteiger partial charge is 0.502 e. The number of carbonyl (C=O) groups is 3. The number of ether oxygens (including phenoxy) is 2. The summed E-state index contributed by atoms with van der Waals surface area (Å²) in [4.78, 5) is 35.0. The number of hydrogen-bond donors (Lipinski definition) is 2. The normalized spacial score (nSPS) is 11.6. The predicted octanol–water partition coefficient (Wildman–Crippen LogP) is 2.90. The highest BCUT2D eigenvalue weighted by Crippen LogP contribution is 2.10. The molecule has 0 radical (unpaired) electrons. The molecule has 1 aromatic rings. The van der Waals surface area contributed by atoms with Crippen molar-refractivity contribution < 1.29 is 29.0 Å². The predicted molar refractivity (Wildman–Crippen MR) is 91.2 cm³/mol. The maximum absolute atomic E-state index is 12.1. The van der Waals surface area contributed by atoms with Gasteiger partial charge in [-0.2, -0.15) is 0 Å². The molecule has 7 heteroatoms. The molecule has 25 heavy (non-hydrogen) atoms. The molecule has 1 aromatic carbocycles. The molecule has 0 saturated carbocycles. The average Bonchev–Trinajstić information content (AvgIpc) is 2.51. The molecule has 0 aliphatic carbocycles. The van der Waals surface area contributed by atoms with Gasteiger partial charge in [-0.1, -0.05) is 18.2 Å². The van der Waals surface area contributed by atoms with Crippen LogP contribution in [0.4, 0.5) is 4.79 Å². The Morgan fingerprint density at radius 3 is 2.52 bits per heavy atom. The molecule has 7 nitrogen and oxygen atoms in total. The summed E-state index contributed by atoms with van der Waals surface area (Å²) in [5.74, 6) is -2.27. The van der Waals surface area contributed by atoms with Gasteiger partial charge in [-0.3, -0.25) is 4.79 Å². The van der Waals surface area contributed by atoms with Crippen LogP contribution in [0.2, 0.25) is 0 Å². The second kappa shape index (κ2) is 8.86. The van der Waals surface area contributed by atoms with Crippen molar-refractivity contribution in [3.8, 4) is 0 Å². The average molecular weight is 349 g/mol. The molecule has 0 atom stereocenters. The van der Waals surface area contributed by atoms with Gasteiger partial charge in [0.05, 0.1) is 6.61 Å². The Labute approximate surface area is 146 Å². The number of carbonyl (C=O) groups excluding carboxylic acids is 3. The Balaban J connectivity index is 2.74. The maximum atomic E-state index is 12.1. The molecule has 0 spiro atoms. The van der Waals surface area contributed by atoms with Crippen LogP contribution in [0.25, 0.3) is 0 Å². The van der Waals surface area contributed by atoms with Crippen molar-refractivity contribution in [3.63, 3.8) is 0 Å². The molecule has 1 rings (SSSR count). The summed E-state index contributed by atoms with van der Waals surface area (Å²) in [5.41, 5.74) is 0.331. The third kappa shape index (κ3) is 7.52. The first-order chi connectivity index (χ1) is 11.6. The lowest BCUT2D eigenvalue weighted by Gasteiger charge is -2.19. The molecule has 0 aliphatic rings. The highest BCUT2D eigenvalue weighted by Gasteiger charge is 2.16. The number of allylic oxidation sites excluding steroid dienone is 1. The van der Waals surface area contributed by atoms with Gasteiger partial charge in [0.25, 0.3) is 0 Å². The highest BCUT2D eigenvalue weighted by atomic mass is 16.6. The number of nitrogens with one attached hydrogen (secondary N) is 1. The number of aliphatic hydroxyl groups is 1. The minimum absolute atomic E-state index is 0.0940. The Morgan fingerprint density at radius 2 is 1.92 bits per heavy atom. The SMILES string of the molecule is CCOC(=O)/C(O)=C/C(=O)c1cccc(CNC(=O)OC(C)(C)C)c1. The number of benzene rings is 1. The van der Waals surface area contributed by atoms with E-state index in [1.54, 1.807) is 45.9 Å². The van der Waals surface area contributed by atoms with Gasteiger partial charge in [-0.15, -0.1) is 0 Å². The van der Waals surface area contributed by atoms with Crippen LogP contribution in [0.3, 0.4) is 0 Å². The number of alkyl carbamates (subject to hydrolysis) is 1. The van der Waals surface area contributed by atoms with Gasteiger partial charge in [-0.25, -0.2) is 9.59 Å². The number of amides is 1. The van der Waals surface area contributed by atoms with E-state index in [2.05, 4.69) is 10.1 Å². The molecule has 0 bridgehead atoms. The Kier molecular flexibility index (Phi) is 7.17. The lowest BCUT2D eigenvalue weighted by Crippen LogP contribution is -2.32. The maximum Gasteiger partial charge on any atom is 0.407 e. The zero-order chi connectivity index (χ0) is 19.0. The summed E-state index contributed by atoms with van der Waals surface area (Å²) in [6.07, 6.45) is 0.238. The van der Waals surface area contributed by atoms with Crippen molar-refractivity contribution in [3.05, 3.63) is 47.2 Å². The van der Waals surface area contributed by atoms with Crippen molar-refractivity contribution in [1.29, 1.82) is 0 Å². The van der Waals surface area contributed by atoms with Crippen LogP contribution in [-0.4, -0.2) is 35.2 Å². The molecule has 136 valence electrons. The Morgan fingerprint density at radius 1 is 1.24 bits per heavy atom. The topological polar surface area (TPSA) is 102 Å². The lowest BCUT2D eigenvalue weighted by molar-refractivity contribution is -0.141. The third-order valence-corrected chi connectivity index (χ3v) is 2.80. The first-order valence-corrected chi connectivity index (χ1v) is 7.80. The fraction of sp³-hybridized carbons (Fsp3) is 0.389. The van der Waals surface area contributed by atoms with Gasteiger partial charge in [0, 0.05) is 18.2 Å². The standard InChI is InChI=1S/C18H23NO6/c1-5-24-16(22)15(21)10-14(20)13-8-6-7-12(9-13)11-19-17(23)25-18(2,3)4/h6-10,21H,5,11H2,1-4H3,(H,19,23)/b15-10-. The second-order valence-corrected chi connectivity index (χ2v) is 6.17. The van der Waals surface area contributed by atoms with Gasteiger partial charge in [0.2, 0.25) is 5.76 Å². The molecule has 0 saturated heterocycles. The summed E-state index contributed by atoms with van der Waals surface area (Å²) in [7, 11) is 0. The summed E-state index contributed by atoms with van der Waals surface area (Å²) >= 11 is 0. The van der Waals surface area contributed by atoms with Crippen LogP contribution >= 0.6 is 0 Å². The van der Waals surface area contributed by atoms with Gasteiger partial charge >= 0.3 is 12.1 Å². The van der Waals surface area contributed by atoms with Crippen molar-refractivity contribution >= 4 is 17.8 Å². The molecule has 2 N–H and O–H groups in total. The fourth-order valence-electron chi connectivity index (χ4n) is 1.79. The van der Waals surface area contributed by atoms with Gasteiger partial charge in [0.15, 0.2) is 5.78 Å². The van der Waals surface area contributed by atoms with Crippen molar-refractivity contribution in [1.82, 2.24) is 5.32 Å². The fourth-order valence-corrected chi connectivity index (χ4v) is 1.79. The zero-order valence-electron chi connectivity index (χ0n) is 14.8. The molecule has 0 aliphatic heterocycles. The summed E-state index contributed by atoms with van der Waals surface area (Å²) in [6, 6.07) is 6.44. The van der Waals surface area contributed by atoms with E-state index in [9.17, 15) is 19.5 Å². The summed E-state index contributed by atoms with van der Waals surface area (Å²) in [5, 5.41) is 12.1. The second-order valence-electron chi connectivity index (χ2n) is 6.17. The highest BCUT2D eigenvalue weighted by molar-refractivity contribution is 6.08. The van der Waals surface area contributed by atoms with E-state index in [0.29, 0.717) is 5.56 Å². The van der Waals surface area contributed by atoms with E-state index in [0.717, 1.165) is 6.08 Å². The molecule has 0 unspecified atom stereocenters. The monoisotopic (exact) mass is 349 g/mol. The van der Waals surface area contributed by atoms with Crippen molar-refractivity contribution in [2.24, 2.45) is 0 Å².